The molecule has 2 N–H and O–H groups in total. The van der Waals surface area contributed by atoms with Crippen LogP contribution in [0.5, 0.6) is 0 Å². The normalized spacial score (nSPS) is 17.3. The highest BCUT2D eigenvalue weighted by Gasteiger charge is 2.30. The van der Waals surface area contributed by atoms with Crippen LogP contribution in [-0.2, 0) is 9.53 Å². The third-order valence-electron chi connectivity index (χ3n) is 4.71. The SMILES string of the molecule is CCCCOCCCN=C(NCC)NCCCN1CCCC1C(=O)N(C)C.I. The van der Waals surface area contributed by atoms with Gasteiger partial charge in [0.2, 0.25) is 5.91 Å². The van der Waals surface area contributed by atoms with Gasteiger partial charge >= 0.3 is 0 Å². The summed E-state index contributed by atoms with van der Waals surface area (Å²) in [6.45, 7) is 10.3. The van der Waals surface area contributed by atoms with E-state index in [1.54, 1.807) is 4.90 Å². The Hall–Kier alpha value is -0.610. The first kappa shape index (κ1) is 27.4. The number of likely N-dealkylation sites (tertiary alicyclic amines) is 1. The molecular formula is C20H42IN5O2. The minimum atomic E-state index is 0. The van der Waals surface area contributed by atoms with E-state index in [2.05, 4.69) is 34.4 Å². The number of nitrogens with zero attached hydrogens (tertiary/aromatic N) is 3. The largest absolute Gasteiger partial charge is 0.381 e. The molecule has 7 nitrogen and oxygen atoms in total. The van der Waals surface area contributed by atoms with Crippen LogP contribution in [0, 0.1) is 0 Å². The van der Waals surface area contributed by atoms with Crippen molar-refractivity contribution < 1.29 is 9.53 Å². The number of halogens is 1. The fourth-order valence-corrected chi connectivity index (χ4v) is 3.21. The highest BCUT2D eigenvalue weighted by atomic mass is 127. The average Bonchev–Trinajstić information content (AvgIpc) is 3.11. The number of likely N-dealkylation sites (N-methyl/N-ethyl adjacent to an activating group) is 1. The Balaban J connectivity index is 0.00000729. The number of nitrogens with one attached hydrogen (secondary N) is 2. The predicted molar refractivity (Wildman–Crippen MR) is 128 cm³/mol. The quantitative estimate of drug-likeness (QED) is 0.172. The Morgan fingerprint density at radius 1 is 1.18 bits per heavy atom. The minimum Gasteiger partial charge on any atom is -0.381 e. The van der Waals surface area contributed by atoms with Crippen LogP contribution in [0.1, 0.15) is 52.4 Å². The summed E-state index contributed by atoms with van der Waals surface area (Å²) in [5.74, 6) is 1.10. The molecule has 0 aromatic rings. The Labute approximate surface area is 189 Å². The van der Waals surface area contributed by atoms with Gasteiger partial charge in [0, 0.05) is 53.5 Å². The molecule has 1 unspecified atom stereocenters. The Morgan fingerprint density at radius 3 is 2.61 bits per heavy atom. The monoisotopic (exact) mass is 511 g/mol. The summed E-state index contributed by atoms with van der Waals surface area (Å²) in [6.07, 6.45) is 6.35. The fourth-order valence-electron chi connectivity index (χ4n) is 3.21. The van der Waals surface area contributed by atoms with E-state index in [0.29, 0.717) is 0 Å². The summed E-state index contributed by atoms with van der Waals surface area (Å²) >= 11 is 0. The lowest BCUT2D eigenvalue weighted by molar-refractivity contribution is -0.133. The number of guanidine groups is 1. The molecule has 1 saturated heterocycles. The van der Waals surface area contributed by atoms with Crippen LogP contribution >= 0.6 is 24.0 Å². The molecule has 166 valence electrons. The second kappa shape index (κ2) is 17.3. The maximum Gasteiger partial charge on any atom is 0.239 e. The van der Waals surface area contributed by atoms with Crippen molar-refractivity contribution in [1.82, 2.24) is 20.4 Å². The maximum absolute atomic E-state index is 12.2. The summed E-state index contributed by atoms with van der Waals surface area (Å²) in [6, 6.07) is 0.0645. The standard InChI is InChI=1S/C20H41N5O2.HI/c1-5-7-16-27-17-10-13-23-20(21-6-2)22-12-9-15-25-14-8-11-18(25)19(26)24(3)4;/h18H,5-17H2,1-4H3,(H2,21,22,23);1H. The lowest BCUT2D eigenvalue weighted by atomic mass is 10.2. The molecule has 1 fully saturated rings. The van der Waals surface area contributed by atoms with Crippen molar-refractivity contribution in [3.8, 4) is 0 Å². The van der Waals surface area contributed by atoms with Gasteiger partial charge in [-0.05, 0) is 45.6 Å². The van der Waals surface area contributed by atoms with Crippen LogP contribution in [0.4, 0.5) is 0 Å². The first-order valence-electron chi connectivity index (χ1n) is 10.6. The zero-order valence-corrected chi connectivity index (χ0v) is 20.7. The van der Waals surface area contributed by atoms with E-state index in [-0.39, 0.29) is 35.9 Å². The van der Waals surface area contributed by atoms with Gasteiger partial charge in [0.1, 0.15) is 0 Å². The van der Waals surface area contributed by atoms with Crippen LogP contribution in [-0.4, -0.2) is 87.7 Å². The number of rotatable bonds is 13. The molecule has 28 heavy (non-hydrogen) atoms. The highest BCUT2D eigenvalue weighted by molar-refractivity contribution is 14.0. The highest BCUT2D eigenvalue weighted by Crippen LogP contribution is 2.18. The molecule has 1 heterocycles. The molecule has 0 saturated carbocycles. The molecule has 0 aromatic carbocycles. The van der Waals surface area contributed by atoms with Crippen LogP contribution in [0.15, 0.2) is 4.99 Å². The van der Waals surface area contributed by atoms with E-state index in [4.69, 9.17) is 4.74 Å². The smallest absolute Gasteiger partial charge is 0.239 e. The van der Waals surface area contributed by atoms with Crippen molar-refractivity contribution in [2.75, 3.05) is 60.0 Å². The van der Waals surface area contributed by atoms with Gasteiger partial charge in [-0.3, -0.25) is 14.7 Å². The second-order valence-corrected chi connectivity index (χ2v) is 7.29. The first-order valence-corrected chi connectivity index (χ1v) is 10.6. The van der Waals surface area contributed by atoms with Crippen LogP contribution in [0.2, 0.25) is 0 Å². The molecule has 1 amide bonds. The minimum absolute atomic E-state index is 0. The van der Waals surface area contributed by atoms with Crippen LogP contribution in [0.25, 0.3) is 0 Å². The lowest BCUT2D eigenvalue weighted by Gasteiger charge is -2.26. The Kier molecular flexibility index (Phi) is 16.9. The predicted octanol–water partition coefficient (Wildman–Crippen LogP) is 2.31. The van der Waals surface area contributed by atoms with Crippen molar-refractivity contribution >= 4 is 35.8 Å². The molecule has 0 bridgehead atoms. The second-order valence-electron chi connectivity index (χ2n) is 7.29. The molecule has 0 spiro atoms. The number of ether oxygens (including phenoxy) is 1. The summed E-state index contributed by atoms with van der Waals surface area (Å²) in [5.41, 5.74) is 0. The van der Waals surface area contributed by atoms with E-state index in [9.17, 15) is 4.79 Å². The molecule has 1 aliphatic rings. The van der Waals surface area contributed by atoms with Crippen molar-refractivity contribution in [3.05, 3.63) is 0 Å². The fraction of sp³-hybridized carbons (Fsp3) is 0.900. The summed E-state index contributed by atoms with van der Waals surface area (Å²) in [7, 11) is 3.68. The number of hydrogen-bond acceptors (Lipinski definition) is 4. The zero-order valence-electron chi connectivity index (χ0n) is 18.3. The summed E-state index contributed by atoms with van der Waals surface area (Å²) in [4.78, 5) is 20.9. The van der Waals surface area contributed by atoms with E-state index in [1.165, 1.54) is 6.42 Å². The molecule has 1 rings (SSSR count). The van der Waals surface area contributed by atoms with Crippen molar-refractivity contribution in [2.45, 2.75) is 58.4 Å². The number of carbonyl (C=O) groups is 1. The van der Waals surface area contributed by atoms with Gasteiger partial charge in [0.05, 0.1) is 6.04 Å². The number of amides is 1. The van der Waals surface area contributed by atoms with E-state index >= 15 is 0 Å². The summed E-state index contributed by atoms with van der Waals surface area (Å²) in [5, 5.41) is 6.69. The first-order chi connectivity index (χ1) is 13.1. The van der Waals surface area contributed by atoms with E-state index in [0.717, 1.165) is 84.0 Å². The Bertz CT molecular complexity index is 435. The van der Waals surface area contributed by atoms with Crippen molar-refractivity contribution in [3.63, 3.8) is 0 Å². The van der Waals surface area contributed by atoms with Gasteiger partial charge in [0.25, 0.3) is 0 Å². The topological polar surface area (TPSA) is 69.2 Å². The molecule has 0 aromatic heterocycles. The molecule has 0 aliphatic carbocycles. The number of carbonyl (C=O) groups excluding carboxylic acids is 1. The summed E-state index contributed by atoms with van der Waals surface area (Å²) < 4.78 is 5.57. The molecular weight excluding hydrogens is 469 g/mol. The maximum atomic E-state index is 12.2. The average molecular weight is 511 g/mol. The number of aliphatic imine (C=N–C) groups is 1. The van der Waals surface area contributed by atoms with Gasteiger partial charge in [-0.2, -0.15) is 0 Å². The molecule has 1 aliphatic heterocycles. The Morgan fingerprint density at radius 2 is 1.93 bits per heavy atom. The van der Waals surface area contributed by atoms with Gasteiger partial charge in [-0.15, -0.1) is 24.0 Å². The van der Waals surface area contributed by atoms with Gasteiger partial charge in [0.15, 0.2) is 5.96 Å². The number of unbranched alkanes of at least 4 members (excludes halogenated alkanes) is 1. The lowest BCUT2D eigenvalue weighted by Crippen LogP contribution is -2.44. The van der Waals surface area contributed by atoms with E-state index in [1.807, 2.05) is 14.1 Å². The third-order valence-corrected chi connectivity index (χ3v) is 4.71. The van der Waals surface area contributed by atoms with Gasteiger partial charge in [-0.25, -0.2) is 0 Å². The van der Waals surface area contributed by atoms with Crippen LogP contribution in [0.3, 0.4) is 0 Å². The van der Waals surface area contributed by atoms with Crippen molar-refractivity contribution in [2.24, 2.45) is 4.99 Å². The molecule has 1 atom stereocenters. The third kappa shape index (κ3) is 11.4. The van der Waals surface area contributed by atoms with Gasteiger partial charge < -0.3 is 20.3 Å². The van der Waals surface area contributed by atoms with E-state index < -0.39 is 0 Å². The zero-order chi connectivity index (χ0) is 19.9. The molecule has 0 radical (unpaired) electrons. The molecule has 8 heteroatoms. The van der Waals surface area contributed by atoms with Gasteiger partial charge in [-0.1, -0.05) is 13.3 Å². The number of hydrogen-bond donors (Lipinski definition) is 2. The van der Waals surface area contributed by atoms with Crippen molar-refractivity contribution in [1.29, 1.82) is 0 Å². The van der Waals surface area contributed by atoms with Crippen LogP contribution < -0.4 is 10.6 Å².